The van der Waals surface area contributed by atoms with Crippen molar-refractivity contribution in [3.8, 4) is 0 Å². The summed E-state index contributed by atoms with van der Waals surface area (Å²) in [4.78, 5) is 11.4. The molecule has 1 aromatic heterocycles. The SMILES string of the molecule is Cc1cnc(C)c(NC2CCN(Cc3ccccc3)C2)n1. The maximum absolute atomic E-state index is 4.55. The molecule has 4 heteroatoms. The molecule has 0 aliphatic carbocycles. The number of aryl methyl sites for hydroxylation is 2. The summed E-state index contributed by atoms with van der Waals surface area (Å²) in [6.45, 7) is 7.20. The molecule has 1 atom stereocenters. The summed E-state index contributed by atoms with van der Waals surface area (Å²) in [6.07, 6.45) is 2.97. The molecule has 110 valence electrons. The number of nitrogens with zero attached hydrogens (tertiary/aromatic N) is 3. The highest BCUT2D eigenvalue weighted by Crippen LogP contribution is 2.18. The van der Waals surface area contributed by atoms with Crippen LogP contribution in [0.3, 0.4) is 0 Å². The predicted octanol–water partition coefficient (Wildman–Crippen LogP) is 2.78. The fourth-order valence-electron chi connectivity index (χ4n) is 2.80. The average Bonchev–Trinajstić information content (AvgIpc) is 2.91. The first-order chi connectivity index (χ1) is 10.2. The molecule has 1 aliphatic rings. The van der Waals surface area contributed by atoms with Gasteiger partial charge in [-0.05, 0) is 25.8 Å². The highest BCUT2D eigenvalue weighted by molar-refractivity contribution is 5.41. The van der Waals surface area contributed by atoms with Gasteiger partial charge in [-0.1, -0.05) is 30.3 Å². The van der Waals surface area contributed by atoms with Crippen molar-refractivity contribution in [3.63, 3.8) is 0 Å². The van der Waals surface area contributed by atoms with Crippen LogP contribution in [0.25, 0.3) is 0 Å². The molecule has 1 aromatic carbocycles. The van der Waals surface area contributed by atoms with Gasteiger partial charge in [-0.3, -0.25) is 9.88 Å². The Hall–Kier alpha value is -1.94. The Kier molecular flexibility index (Phi) is 4.15. The molecule has 2 aromatic rings. The van der Waals surface area contributed by atoms with Gasteiger partial charge in [0.05, 0.1) is 11.4 Å². The third-order valence-corrected chi connectivity index (χ3v) is 3.94. The molecule has 0 bridgehead atoms. The maximum atomic E-state index is 4.55. The van der Waals surface area contributed by atoms with Crippen LogP contribution in [-0.4, -0.2) is 34.0 Å². The number of rotatable bonds is 4. The van der Waals surface area contributed by atoms with E-state index in [1.807, 2.05) is 20.0 Å². The second kappa shape index (κ2) is 6.22. The van der Waals surface area contributed by atoms with E-state index in [4.69, 9.17) is 0 Å². The van der Waals surface area contributed by atoms with E-state index >= 15 is 0 Å². The van der Waals surface area contributed by atoms with Crippen LogP contribution in [0, 0.1) is 13.8 Å². The molecule has 1 N–H and O–H groups in total. The third kappa shape index (κ3) is 3.58. The van der Waals surface area contributed by atoms with Gasteiger partial charge in [-0.25, -0.2) is 4.98 Å². The minimum Gasteiger partial charge on any atom is -0.364 e. The molecule has 0 saturated carbocycles. The normalized spacial score (nSPS) is 18.9. The lowest BCUT2D eigenvalue weighted by molar-refractivity contribution is 0.328. The number of aromatic nitrogens is 2. The number of anilines is 1. The van der Waals surface area contributed by atoms with E-state index in [9.17, 15) is 0 Å². The van der Waals surface area contributed by atoms with Crippen LogP contribution in [0.5, 0.6) is 0 Å². The van der Waals surface area contributed by atoms with Crippen LogP contribution in [0.15, 0.2) is 36.5 Å². The topological polar surface area (TPSA) is 41.1 Å². The van der Waals surface area contributed by atoms with Crippen LogP contribution in [-0.2, 0) is 6.54 Å². The van der Waals surface area contributed by atoms with Crippen molar-refractivity contribution < 1.29 is 0 Å². The van der Waals surface area contributed by atoms with Gasteiger partial charge in [-0.15, -0.1) is 0 Å². The minimum absolute atomic E-state index is 0.462. The lowest BCUT2D eigenvalue weighted by Gasteiger charge is -2.17. The summed E-state index contributed by atoms with van der Waals surface area (Å²) in [5, 5.41) is 3.55. The van der Waals surface area contributed by atoms with Crippen molar-refractivity contribution in [1.82, 2.24) is 14.9 Å². The Bertz CT molecular complexity index is 597. The van der Waals surface area contributed by atoms with Crippen molar-refractivity contribution in [2.24, 2.45) is 0 Å². The largest absolute Gasteiger partial charge is 0.364 e. The van der Waals surface area contributed by atoms with Crippen molar-refractivity contribution >= 4 is 5.82 Å². The van der Waals surface area contributed by atoms with E-state index in [2.05, 4.69) is 50.5 Å². The van der Waals surface area contributed by atoms with Gasteiger partial charge in [0.1, 0.15) is 5.82 Å². The first kappa shape index (κ1) is 14.0. The van der Waals surface area contributed by atoms with Crippen LogP contribution >= 0.6 is 0 Å². The third-order valence-electron chi connectivity index (χ3n) is 3.94. The quantitative estimate of drug-likeness (QED) is 0.936. The van der Waals surface area contributed by atoms with Gasteiger partial charge >= 0.3 is 0 Å². The highest BCUT2D eigenvalue weighted by Gasteiger charge is 2.23. The second-order valence-electron chi connectivity index (χ2n) is 5.80. The first-order valence-electron chi connectivity index (χ1n) is 7.54. The number of likely N-dealkylation sites (tertiary alicyclic amines) is 1. The van der Waals surface area contributed by atoms with E-state index < -0.39 is 0 Å². The zero-order valence-electron chi connectivity index (χ0n) is 12.7. The molecule has 0 spiro atoms. The van der Waals surface area contributed by atoms with E-state index in [1.165, 1.54) is 5.56 Å². The van der Waals surface area contributed by atoms with Gasteiger partial charge in [0.25, 0.3) is 0 Å². The second-order valence-corrected chi connectivity index (χ2v) is 5.80. The molecule has 1 saturated heterocycles. The molecule has 1 aliphatic heterocycles. The molecule has 0 amide bonds. The molecular formula is C17H22N4. The lowest BCUT2D eigenvalue weighted by Crippen LogP contribution is -2.26. The number of benzene rings is 1. The summed E-state index contributed by atoms with van der Waals surface area (Å²) < 4.78 is 0. The van der Waals surface area contributed by atoms with Crippen molar-refractivity contribution in [2.45, 2.75) is 32.9 Å². The van der Waals surface area contributed by atoms with E-state index in [-0.39, 0.29) is 0 Å². The summed E-state index contributed by atoms with van der Waals surface area (Å²) >= 11 is 0. The van der Waals surface area contributed by atoms with Gasteiger partial charge in [0.15, 0.2) is 0 Å². The molecule has 21 heavy (non-hydrogen) atoms. The fourth-order valence-corrected chi connectivity index (χ4v) is 2.80. The lowest BCUT2D eigenvalue weighted by atomic mass is 10.2. The molecule has 1 unspecified atom stereocenters. The van der Waals surface area contributed by atoms with Gasteiger partial charge in [0.2, 0.25) is 0 Å². The van der Waals surface area contributed by atoms with E-state index in [1.54, 1.807) is 0 Å². The number of hydrogen-bond donors (Lipinski definition) is 1. The van der Waals surface area contributed by atoms with Crippen LogP contribution in [0.1, 0.15) is 23.4 Å². The monoisotopic (exact) mass is 282 g/mol. The zero-order chi connectivity index (χ0) is 14.7. The molecule has 1 fully saturated rings. The molecular weight excluding hydrogens is 260 g/mol. The zero-order valence-corrected chi connectivity index (χ0v) is 12.7. The highest BCUT2D eigenvalue weighted by atomic mass is 15.2. The van der Waals surface area contributed by atoms with E-state index in [0.29, 0.717) is 6.04 Å². The Morgan fingerprint density at radius 3 is 2.86 bits per heavy atom. The van der Waals surface area contributed by atoms with Crippen LogP contribution in [0.2, 0.25) is 0 Å². The molecule has 3 rings (SSSR count). The van der Waals surface area contributed by atoms with Crippen molar-refractivity contribution in [1.29, 1.82) is 0 Å². The number of hydrogen-bond acceptors (Lipinski definition) is 4. The summed E-state index contributed by atoms with van der Waals surface area (Å²) in [6, 6.07) is 11.1. The van der Waals surface area contributed by atoms with Gasteiger partial charge in [0, 0.05) is 31.9 Å². The van der Waals surface area contributed by atoms with Gasteiger partial charge < -0.3 is 5.32 Å². The average molecular weight is 282 g/mol. The van der Waals surface area contributed by atoms with Crippen LogP contribution < -0.4 is 5.32 Å². The number of nitrogens with one attached hydrogen (secondary N) is 1. The molecule has 4 nitrogen and oxygen atoms in total. The summed E-state index contributed by atoms with van der Waals surface area (Å²) in [7, 11) is 0. The summed E-state index contributed by atoms with van der Waals surface area (Å²) in [5.74, 6) is 0.932. The first-order valence-corrected chi connectivity index (χ1v) is 7.54. The maximum Gasteiger partial charge on any atom is 0.148 e. The summed E-state index contributed by atoms with van der Waals surface area (Å²) in [5.41, 5.74) is 3.31. The van der Waals surface area contributed by atoms with Gasteiger partial charge in [-0.2, -0.15) is 0 Å². The van der Waals surface area contributed by atoms with Crippen molar-refractivity contribution in [2.75, 3.05) is 18.4 Å². The van der Waals surface area contributed by atoms with Crippen LogP contribution in [0.4, 0.5) is 5.82 Å². The Morgan fingerprint density at radius 2 is 2.05 bits per heavy atom. The molecule has 2 heterocycles. The standard InChI is InChI=1S/C17H22N4/c1-13-10-18-14(2)17(19-13)20-16-8-9-21(12-16)11-15-6-4-3-5-7-15/h3-7,10,16H,8-9,11-12H2,1-2H3,(H,19,20). The fraction of sp³-hybridized carbons (Fsp3) is 0.412. The van der Waals surface area contributed by atoms with Crippen molar-refractivity contribution in [3.05, 3.63) is 53.5 Å². The Morgan fingerprint density at radius 1 is 1.24 bits per heavy atom. The smallest absolute Gasteiger partial charge is 0.148 e. The minimum atomic E-state index is 0.462. The predicted molar refractivity (Wildman–Crippen MR) is 85.3 cm³/mol. The Balaban J connectivity index is 1.58. The van der Waals surface area contributed by atoms with E-state index in [0.717, 1.165) is 43.3 Å². The molecule has 0 radical (unpaired) electrons. The Labute approximate surface area is 126 Å².